The Morgan fingerprint density at radius 1 is 1.12 bits per heavy atom. The molecule has 0 saturated carbocycles. The summed E-state index contributed by atoms with van der Waals surface area (Å²) in [6.07, 6.45) is 2.96. The molecule has 0 bridgehead atoms. The summed E-state index contributed by atoms with van der Waals surface area (Å²) < 4.78 is 22.7. The third kappa shape index (κ3) is 6.93. The van der Waals surface area contributed by atoms with Gasteiger partial charge in [-0.15, -0.1) is 0 Å². The van der Waals surface area contributed by atoms with Gasteiger partial charge in [0.2, 0.25) is 0 Å². The highest BCUT2D eigenvalue weighted by Gasteiger charge is 2.41. The van der Waals surface area contributed by atoms with Crippen LogP contribution in [0.3, 0.4) is 0 Å². The Bertz CT molecular complexity index is 1260. The Kier molecular flexibility index (Phi) is 8.70. The Hall–Kier alpha value is -3.37. The zero-order valence-electron chi connectivity index (χ0n) is 24.8. The average Bonchev–Trinajstić information content (AvgIpc) is 2.94. The van der Waals surface area contributed by atoms with Crippen LogP contribution in [-0.2, 0) is 20.7 Å². The number of hydrogen-bond acceptors (Lipinski definition) is 8. The van der Waals surface area contributed by atoms with E-state index in [0.717, 1.165) is 36.3 Å². The van der Waals surface area contributed by atoms with Gasteiger partial charge in [-0.1, -0.05) is 0 Å². The van der Waals surface area contributed by atoms with E-state index in [-0.39, 0.29) is 30.5 Å². The number of alkyl carbamates (subject to hydrolysis) is 1. The number of benzene rings is 1. The highest BCUT2D eigenvalue weighted by molar-refractivity contribution is 5.78. The molecule has 222 valence electrons. The van der Waals surface area contributed by atoms with Crippen molar-refractivity contribution in [2.24, 2.45) is 0 Å². The number of nitrogens with one attached hydrogen (secondary N) is 1. The van der Waals surface area contributed by atoms with Gasteiger partial charge >= 0.3 is 6.09 Å². The molecule has 2 aromatic rings. The van der Waals surface area contributed by atoms with Crippen molar-refractivity contribution in [3.05, 3.63) is 52.8 Å². The first-order chi connectivity index (χ1) is 19.6. The largest absolute Gasteiger partial charge is 0.493 e. The van der Waals surface area contributed by atoms with Crippen molar-refractivity contribution in [1.82, 2.24) is 20.1 Å². The SMILES string of the molecule is COc1cc2c(cc1OCC(=O)N1CCOCC1)CCN1CC(c3cc(C)ccn3)C(NC(=O)OC(C)(C)C)CC21. The molecular weight excluding hydrogens is 524 g/mol. The lowest BCUT2D eigenvalue weighted by atomic mass is 9.79. The fourth-order valence-electron chi connectivity index (χ4n) is 6.04. The number of amides is 2. The van der Waals surface area contributed by atoms with Crippen LogP contribution in [0.25, 0.3) is 0 Å². The zero-order chi connectivity index (χ0) is 29.1. The second-order valence-electron chi connectivity index (χ2n) is 12.1. The summed E-state index contributed by atoms with van der Waals surface area (Å²) in [6, 6.07) is 8.07. The molecule has 4 heterocycles. The van der Waals surface area contributed by atoms with Crippen LogP contribution >= 0.6 is 0 Å². The monoisotopic (exact) mass is 566 g/mol. The molecule has 10 heteroatoms. The molecule has 1 aromatic heterocycles. The minimum absolute atomic E-state index is 0.0240. The van der Waals surface area contributed by atoms with E-state index in [0.29, 0.717) is 44.2 Å². The van der Waals surface area contributed by atoms with Crippen LogP contribution in [0.5, 0.6) is 11.5 Å². The predicted molar refractivity (Wildman–Crippen MR) is 153 cm³/mol. The number of carbonyl (C=O) groups is 2. The van der Waals surface area contributed by atoms with Gasteiger partial charge in [0.25, 0.3) is 5.91 Å². The maximum Gasteiger partial charge on any atom is 0.407 e. The van der Waals surface area contributed by atoms with Crippen LogP contribution in [-0.4, -0.2) is 91.5 Å². The fourth-order valence-corrected chi connectivity index (χ4v) is 6.04. The van der Waals surface area contributed by atoms with Crippen molar-refractivity contribution in [3.63, 3.8) is 0 Å². The number of methoxy groups -OCH3 is 1. The normalized spacial score (nSPS) is 22.8. The van der Waals surface area contributed by atoms with Gasteiger partial charge in [0.05, 0.1) is 20.3 Å². The molecule has 2 saturated heterocycles. The summed E-state index contributed by atoms with van der Waals surface area (Å²) in [4.78, 5) is 34.5. The third-order valence-electron chi connectivity index (χ3n) is 8.02. The summed E-state index contributed by atoms with van der Waals surface area (Å²) in [5.74, 6) is 1.14. The van der Waals surface area contributed by atoms with Gasteiger partial charge in [0, 0.05) is 56.1 Å². The Labute approximate surface area is 242 Å². The molecule has 1 N–H and O–H groups in total. The van der Waals surface area contributed by atoms with Crippen molar-refractivity contribution in [2.45, 2.75) is 64.1 Å². The van der Waals surface area contributed by atoms with E-state index in [9.17, 15) is 9.59 Å². The number of piperidine rings is 1. The van der Waals surface area contributed by atoms with Crippen LogP contribution in [0.4, 0.5) is 4.79 Å². The second kappa shape index (κ2) is 12.2. The van der Waals surface area contributed by atoms with E-state index in [1.165, 1.54) is 5.56 Å². The van der Waals surface area contributed by atoms with E-state index in [1.807, 2.05) is 45.2 Å². The molecule has 3 unspecified atom stereocenters. The molecule has 3 aliphatic rings. The van der Waals surface area contributed by atoms with Crippen LogP contribution in [0.1, 0.15) is 61.5 Å². The number of nitrogens with zero attached hydrogens (tertiary/aromatic N) is 3. The topological polar surface area (TPSA) is 102 Å². The summed E-state index contributed by atoms with van der Waals surface area (Å²) in [5, 5.41) is 3.18. The molecule has 0 spiro atoms. The van der Waals surface area contributed by atoms with Crippen LogP contribution in [0, 0.1) is 6.92 Å². The van der Waals surface area contributed by atoms with Crippen LogP contribution < -0.4 is 14.8 Å². The lowest BCUT2D eigenvalue weighted by molar-refractivity contribution is -0.137. The quantitative estimate of drug-likeness (QED) is 0.566. The first-order valence-corrected chi connectivity index (χ1v) is 14.5. The summed E-state index contributed by atoms with van der Waals surface area (Å²) in [6.45, 7) is 11.5. The van der Waals surface area contributed by atoms with Gasteiger partial charge in [0.1, 0.15) is 5.60 Å². The third-order valence-corrected chi connectivity index (χ3v) is 8.02. The molecule has 2 fully saturated rings. The fraction of sp³-hybridized carbons (Fsp3) is 0.581. The van der Waals surface area contributed by atoms with Gasteiger partial charge in [-0.25, -0.2) is 4.79 Å². The summed E-state index contributed by atoms with van der Waals surface area (Å²) >= 11 is 0. The van der Waals surface area contributed by atoms with Gasteiger partial charge in [0.15, 0.2) is 18.1 Å². The number of aryl methyl sites for hydroxylation is 1. The van der Waals surface area contributed by atoms with E-state index < -0.39 is 11.7 Å². The Balaban J connectivity index is 1.38. The molecule has 3 aliphatic heterocycles. The minimum Gasteiger partial charge on any atom is -0.493 e. The molecular formula is C31H42N4O6. The second-order valence-corrected chi connectivity index (χ2v) is 12.1. The number of hydrogen-bond donors (Lipinski definition) is 1. The lowest BCUT2D eigenvalue weighted by Crippen LogP contribution is -2.53. The molecule has 3 atom stereocenters. The maximum absolute atomic E-state index is 12.9. The summed E-state index contributed by atoms with van der Waals surface area (Å²) in [7, 11) is 1.62. The van der Waals surface area contributed by atoms with Crippen molar-refractivity contribution >= 4 is 12.0 Å². The smallest absolute Gasteiger partial charge is 0.407 e. The number of pyridine rings is 1. The van der Waals surface area contributed by atoms with E-state index >= 15 is 0 Å². The van der Waals surface area contributed by atoms with Crippen LogP contribution in [0.15, 0.2) is 30.5 Å². The first kappa shape index (κ1) is 29.1. The number of morpholine rings is 1. The Morgan fingerprint density at radius 3 is 2.61 bits per heavy atom. The number of rotatable bonds is 6. The summed E-state index contributed by atoms with van der Waals surface area (Å²) in [5.41, 5.74) is 3.85. The van der Waals surface area contributed by atoms with Gasteiger partial charge in [-0.05, 0) is 81.5 Å². The van der Waals surface area contributed by atoms with Crippen LogP contribution in [0.2, 0.25) is 0 Å². The average molecular weight is 567 g/mol. The highest BCUT2D eigenvalue weighted by Crippen LogP contribution is 2.44. The number of ether oxygens (including phenoxy) is 4. The maximum atomic E-state index is 12.9. The number of aromatic nitrogens is 1. The van der Waals surface area contributed by atoms with Crippen molar-refractivity contribution in [3.8, 4) is 11.5 Å². The minimum atomic E-state index is -0.591. The lowest BCUT2D eigenvalue weighted by Gasteiger charge is -2.47. The van der Waals surface area contributed by atoms with Gasteiger partial charge < -0.3 is 29.2 Å². The van der Waals surface area contributed by atoms with Crippen molar-refractivity contribution in [2.75, 3.05) is 53.1 Å². The molecule has 41 heavy (non-hydrogen) atoms. The number of carbonyl (C=O) groups excluding carboxylic acids is 2. The molecule has 10 nitrogen and oxygen atoms in total. The van der Waals surface area contributed by atoms with Crippen molar-refractivity contribution in [1.29, 1.82) is 0 Å². The highest BCUT2D eigenvalue weighted by atomic mass is 16.6. The van der Waals surface area contributed by atoms with Gasteiger partial charge in [-0.3, -0.25) is 14.7 Å². The van der Waals surface area contributed by atoms with Gasteiger partial charge in [-0.2, -0.15) is 0 Å². The standard InChI is InChI=1S/C31H42N4O6/c1-20-6-8-32-24(14-20)23-18-35-9-7-21-15-28(40-19-29(36)34-10-12-39-13-11-34)27(38-5)16-22(21)26(35)17-25(23)33-30(37)41-31(2,3)4/h6,8,14-16,23,25-26H,7,9-13,17-19H2,1-5H3,(H,33,37). The van der Waals surface area contributed by atoms with Crippen molar-refractivity contribution < 1.29 is 28.5 Å². The molecule has 2 amide bonds. The number of fused-ring (bicyclic) bond motifs is 3. The molecule has 5 rings (SSSR count). The first-order valence-electron chi connectivity index (χ1n) is 14.5. The molecule has 0 radical (unpaired) electrons. The molecule has 1 aromatic carbocycles. The van der Waals surface area contributed by atoms with E-state index in [2.05, 4.69) is 23.2 Å². The van der Waals surface area contributed by atoms with E-state index in [1.54, 1.807) is 12.0 Å². The zero-order valence-corrected chi connectivity index (χ0v) is 24.8. The van der Waals surface area contributed by atoms with E-state index in [4.69, 9.17) is 23.9 Å². The molecule has 0 aliphatic carbocycles. The predicted octanol–water partition coefficient (Wildman–Crippen LogP) is 3.62. The Morgan fingerprint density at radius 2 is 1.90 bits per heavy atom.